The zero-order chi connectivity index (χ0) is 15.6. The average Bonchev–Trinajstić information content (AvgIpc) is 2.96. The summed E-state index contributed by atoms with van der Waals surface area (Å²) in [5, 5.41) is 2.91. The fourth-order valence-electron chi connectivity index (χ4n) is 1.88. The van der Waals surface area contributed by atoms with E-state index in [1.54, 1.807) is 19.2 Å². The Kier molecular flexibility index (Phi) is 4.92. The van der Waals surface area contributed by atoms with E-state index in [4.69, 9.17) is 8.83 Å². The first-order valence-corrected chi connectivity index (χ1v) is 8.52. The summed E-state index contributed by atoms with van der Waals surface area (Å²) >= 11 is 3.16. The first-order chi connectivity index (χ1) is 9.84. The molecular weight excluding hydrogens is 360 g/mol. The molecule has 0 aliphatic carbocycles. The van der Waals surface area contributed by atoms with E-state index < -0.39 is 10.0 Å². The fourth-order valence-corrected chi connectivity index (χ4v) is 3.97. The van der Waals surface area contributed by atoms with Crippen LogP contribution in [0.5, 0.6) is 0 Å². The van der Waals surface area contributed by atoms with Gasteiger partial charge >= 0.3 is 0 Å². The minimum atomic E-state index is -3.65. The lowest BCUT2D eigenvalue weighted by atomic mass is 10.4. The number of sulfonamides is 1. The molecule has 0 fully saturated rings. The average molecular weight is 377 g/mol. The highest BCUT2D eigenvalue weighted by molar-refractivity contribution is 9.10. The van der Waals surface area contributed by atoms with Crippen LogP contribution in [0.2, 0.25) is 0 Å². The second kappa shape index (κ2) is 6.35. The molecular formula is C13H17BrN2O4S. The van der Waals surface area contributed by atoms with E-state index in [-0.39, 0.29) is 16.1 Å². The van der Waals surface area contributed by atoms with Crippen LogP contribution in [0.4, 0.5) is 0 Å². The molecule has 21 heavy (non-hydrogen) atoms. The zero-order valence-electron chi connectivity index (χ0n) is 12.0. The number of nitrogens with zero attached hydrogens (tertiary/aromatic N) is 1. The normalized spacial score (nSPS) is 12.2. The van der Waals surface area contributed by atoms with E-state index in [9.17, 15) is 8.42 Å². The molecule has 0 aliphatic heterocycles. The topological polar surface area (TPSA) is 75.7 Å². The molecule has 2 aromatic heterocycles. The molecule has 0 radical (unpaired) electrons. The van der Waals surface area contributed by atoms with Gasteiger partial charge in [0.2, 0.25) is 10.0 Å². The first-order valence-electron chi connectivity index (χ1n) is 6.29. The van der Waals surface area contributed by atoms with Crippen molar-refractivity contribution in [2.24, 2.45) is 0 Å². The number of aryl methyl sites for hydroxylation is 1. The standard InChI is InChI=1S/C13H17BrN2O4S/c1-9-4-5-10(19-9)8-16(3)21(17,18)12-6-11(7-15-2)20-13(12)14/h4-6,15H,7-8H2,1-3H3. The first kappa shape index (κ1) is 16.3. The molecule has 0 bridgehead atoms. The summed E-state index contributed by atoms with van der Waals surface area (Å²) in [5.41, 5.74) is 0. The molecule has 6 nitrogen and oxygen atoms in total. The van der Waals surface area contributed by atoms with Gasteiger partial charge in [-0.25, -0.2) is 8.42 Å². The van der Waals surface area contributed by atoms with Crippen LogP contribution in [0, 0.1) is 6.92 Å². The van der Waals surface area contributed by atoms with E-state index in [1.165, 1.54) is 17.4 Å². The van der Waals surface area contributed by atoms with Gasteiger partial charge in [-0.15, -0.1) is 0 Å². The van der Waals surface area contributed by atoms with Crippen molar-refractivity contribution in [1.82, 2.24) is 9.62 Å². The highest BCUT2D eigenvalue weighted by Crippen LogP contribution is 2.29. The third kappa shape index (κ3) is 3.57. The maximum atomic E-state index is 12.6. The lowest BCUT2D eigenvalue weighted by molar-refractivity contribution is 0.396. The third-order valence-corrected chi connectivity index (χ3v) is 5.58. The molecule has 8 heteroatoms. The van der Waals surface area contributed by atoms with Crippen molar-refractivity contribution in [2.75, 3.05) is 14.1 Å². The predicted molar refractivity (Wildman–Crippen MR) is 81.3 cm³/mol. The molecule has 116 valence electrons. The van der Waals surface area contributed by atoms with Crippen molar-refractivity contribution in [1.29, 1.82) is 0 Å². The van der Waals surface area contributed by atoms with E-state index in [0.29, 0.717) is 18.1 Å². The van der Waals surface area contributed by atoms with Gasteiger partial charge in [-0.2, -0.15) is 4.31 Å². The van der Waals surface area contributed by atoms with Crippen LogP contribution < -0.4 is 5.32 Å². The number of hydrogen-bond acceptors (Lipinski definition) is 5. The molecule has 1 N–H and O–H groups in total. The van der Waals surface area contributed by atoms with Gasteiger partial charge in [0.15, 0.2) is 4.67 Å². The number of hydrogen-bond donors (Lipinski definition) is 1. The maximum Gasteiger partial charge on any atom is 0.247 e. The maximum absolute atomic E-state index is 12.6. The van der Waals surface area contributed by atoms with Gasteiger partial charge in [0.25, 0.3) is 0 Å². The van der Waals surface area contributed by atoms with Crippen molar-refractivity contribution >= 4 is 26.0 Å². The van der Waals surface area contributed by atoms with Crippen LogP contribution >= 0.6 is 15.9 Å². The highest BCUT2D eigenvalue weighted by atomic mass is 79.9. The van der Waals surface area contributed by atoms with Crippen molar-refractivity contribution in [3.05, 3.63) is 40.1 Å². The summed E-state index contributed by atoms with van der Waals surface area (Å²) in [6, 6.07) is 5.08. The minimum Gasteiger partial charge on any atom is -0.465 e. The number of rotatable bonds is 6. The summed E-state index contributed by atoms with van der Waals surface area (Å²) in [5.74, 6) is 1.88. The molecule has 2 aromatic rings. The summed E-state index contributed by atoms with van der Waals surface area (Å²) in [6.45, 7) is 2.43. The van der Waals surface area contributed by atoms with Crippen molar-refractivity contribution in [3.63, 3.8) is 0 Å². The fraction of sp³-hybridized carbons (Fsp3) is 0.385. The Morgan fingerprint density at radius 1 is 1.29 bits per heavy atom. The van der Waals surface area contributed by atoms with E-state index in [0.717, 1.165) is 5.76 Å². The third-order valence-electron chi connectivity index (χ3n) is 2.92. The zero-order valence-corrected chi connectivity index (χ0v) is 14.4. The quantitative estimate of drug-likeness (QED) is 0.837. The van der Waals surface area contributed by atoms with Gasteiger partial charge in [-0.05, 0) is 42.0 Å². The van der Waals surface area contributed by atoms with E-state index in [2.05, 4.69) is 21.2 Å². The lowest BCUT2D eigenvalue weighted by Crippen LogP contribution is -2.26. The van der Waals surface area contributed by atoms with Crippen LogP contribution in [0.1, 0.15) is 17.3 Å². The second-order valence-corrected chi connectivity index (χ2v) is 7.39. The van der Waals surface area contributed by atoms with Gasteiger partial charge in [0.1, 0.15) is 22.2 Å². The summed E-state index contributed by atoms with van der Waals surface area (Å²) in [6.07, 6.45) is 0. The Morgan fingerprint density at radius 2 is 2.00 bits per heavy atom. The van der Waals surface area contributed by atoms with Crippen LogP contribution in [0.15, 0.2) is 36.6 Å². The van der Waals surface area contributed by atoms with E-state index >= 15 is 0 Å². The molecule has 0 saturated heterocycles. The van der Waals surface area contributed by atoms with Crippen LogP contribution in [-0.4, -0.2) is 26.8 Å². The largest absolute Gasteiger partial charge is 0.465 e. The molecule has 0 aromatic carbocycles. The molecule has 0 spiro atoms. The second-order valence-electron chi connectivity index (χ2n) is 4.65. The Hall–Kier alpha value is -1.09. The number of furan rings is 2. The molecule has 0 aliphatic rings. The molecule has 0 saturated carbocycles. The number of halogens is 1. The smallest absolute Gasteiger partial charge is 0.247 e. The summed E-state index contributed by atoms with van der Waals surface area (Å²) < 4.78 is 37.3. The summed E-state index contributed by atoms with van der Waals surface area (Å²) in [7, 11) is -0.387. The van der Waals surface area contributed by atoms with Gasteiger partial charge in [0.05, 0.1) is 13.1 Å². The Morgan fingerprint density at radius 3 is 2.57 bits per heavy atom. The monoisotopic (exact) mass is 376 g/mol. The molecule has 2 heterocycles. The Balaban J connectivity index is 2.24. The SMILES string of the molecule is CNCc1cc(S(=O)(=O)N(C)Cc2ccc(C)o2)c(Br)o1. The van der Waals surface area contributed by atoms with Crippen molar-refractivity contribution in [2.45, 2.75) is 24.9 Å². The van der Waals surface area contributed by atoms with Gasteiger partial charge < -0.3 is 14.2 Å². The van der Waals surface area contributed by atoms with Gasteiger partial charge in [-0.3, -0.25) is 0 Å². The van der Waals surface area contributed by atoms with Crippen LogP contribution in [-0.2, 0) is 23.1 Å². The molecule has 0 atom stereocenters. The highest BCUT2D eigenvalue weighted by Gasteiger charge is 2.27. The number of nitrogens with one attached hydrogen (secondary N) is 1. The van der Waals surface area contributed by atoms with Gasteiger partial charge in [0, 0.05) is 13.1 Å². The minimum absolute atomic E-state index is 0.110. The molecule has 0 amide bonds. The van der Waals surface area contributed by atoms with Crippen LogP contribution in [0.3, 0.4) is 0 Å². The Bertz CT molecular complexity index is 720. The summed E-state index contributed by atoms with van der Waals surface area (Å²) in [4.78, 5) is 0.110. The van der Waals surface area contributed by atoms with Crippen molar-refractivity contribution < 1.29 is 17.3 Å². The van der Waals surface area contributed by atoms with Crippen molar-refractivity contribution in [3.8, 4) is 0 Å². The Labute approximate surface area is 132 Å². The predicted octanol–water partition coefficient (Wildman–Crippen LogP) is 2.48. The molecule has 2 rings (SSSR count). The molecule has 0 unspecified atom stereocenters. The lowest BCUT2D eigenvalue weighted by Gasteiger charge is -2.14. The van der Waals surface area contributed by atoms with Gasteiger partial charge in [-0.1, -0.05) is 0 Å². The van der Waals surface area contributed by atoms with E-state index in [1.807, 2.05) is 6.92 Å². The van der Waals surface area contributed by atoms with Crippen LogP contribution in [0.25, 0.3) is 0 Å².